The molecule has 3 fully saturated rings. The van der Waals surface area contributed by atoms with Gasteiger partial charge in [0.25, 0.3) is 0 Å². The molecule has 0 bridgehead atoms. The van der Waals surface area contributed by atoms with E-state index in [1.807, 2.05) is 36.1 Å². The average Bonchev–Trinajstić information content (AvgIpc) is 3.09. The first-order valence-electron chi connectivity index (χ1n) is 9.46. The molecule has 4 rings (SSSR count). The maximum absolute atomic E-state index is 12.4. The molecule has 3 aliphatic rings. The van der Waals surface area contributed by atoms with Crippen molar-refractivity contribution in [1.82, 2.24) is 9.80 Å². The van der Waals surface area contributed by atoms with Crippen LogP contribution in [0.25, 0.3) is 0 Å². The fourth-order valence-corrected chi connectivity index (χ4v) is 4.62. The van der Waals surface area contributed by atoms with E-state index in [0.29, 0.717) is 19.1 Å². The second kappa shape index (κ2) is 6.75. The summed E-state index contributed by atoms with van der Waals surface area (Å²) in [6, 6.07) is 8.52. The molecular weight excluding hydrogens is 300 g/mol. The predicted octanol–water partition coefficient (Wildman–Crippen LogP) is 2.57. The van der Waals surface area contributed by atoms with Crippen molar-refractivity contribution >= 4 is 5.91 Å². The maximum Gasteiger partial charge on any atom is 0.227 e. The van der Waals surface area contributed by atoms with Gasteiger partial charge in [0.1, 0.15) is 5.75 Å². The van der Waals surface area contributed by atoms with Crippen LogP contribution in [0.5, 0.6) is 5.75 Å². The number of hydrogen-bond acceptors (Lipinski definition) is 3. The van der Waals surface area contributed by atoms with Gasteiger partial charge in [-0.05, 0) is 49.3 Å². The zero-order valence-corrected chi connectivity index (χ0v) is 14.6. The Bertz CT molecular complexity index is 568. The number of benzene rings is 1. The molecule has 130 valence electrons. The lowest BCUT2D eigenvalue weighted by atomic mass is 10.0. The molecule has 2 heterocycles. The molecule has 0 aromatic heterocycles. The Kier molecular flexibility index (Phi) is 4.49. The van der Waals surface area contributed by atoms with Crippen molar-refractivity contribution in [3.05, 3.63) is 29.8 Å². The highest BCUT2D eigenvalue weighted by molar-refractivity contribution is 5.79. The first-order valence-corrected chi connectivity index (χ1v) is 9.46. The van der Waals surface area contributed by atoms with Gasteiger partial charge in [0.15, 0.2) is 0 Å². The number of amides is 1. The summed E-state index contributed by atoms with van der Waals surface area (Å²) in [4.78, 5) is 17.1. The highest BCUT2D eigenvalue weighted by atomic mass is 16.5. The van der Waals surface area contributed by atoms with Gasteiger partial charge in [-0.2, -0.15) is 0 Å². The Labute approximate surface area is 144 Å². The molecule has 1 saturated carbocycles. The van der Waals surface area contributed by atoms with E-state index >= 15 is 0 Å². The van der Waals surface area contributed by atoms with Gasteiger partial charge in [-0.25, -0.2) is 0 Å². The van der Waals surface area contributed by atoms with E-state index in [4.69, 9.17) is 4.74 Å². The molecule has 0 spiro atoms. The molecular formula is C20H28N2O2. The maximum atomic E-state index is 12.4. The van der Waals surface area contributed by atoms with E-state index in [-0.39, 0.29) is 5.91 Å². The molecule has 0 radical (unpaired) electrons. The van der Waals surface area contributed by atoms with Crippen LogP contribution in [0.3, 0.4) is 0 Å². The highest BCUT2D eigenvalue weighted by Crippen LogP contribution is 2.39. The predicted molar refractivity (Wildman–Crippen MR) is 94.1 cm³/mol. The number of carbonyl (C=O) groups excluding carboxylic acids is 1. The topological polar surface area (TPSA) is 32.8 Å². The van der Waals surface area contributed by atoms with Crippen LogP contribution in [-0.2, 0) is 11.2 Å². The second-order valence-corrected chi connectivity index (χ2v) is 7.61. The minimum absolute atomic E-state index is 0.259. The SMILES string of the molecule is CCOc1ccc(CC(=O)N2CC(N3CC4CCCC4C3)C2)cc1. The summed E-state index contributed by atoms with van der Waals surface area (Å²) in [6.07, 6.45) is 4.79. The van der Waals surface area contributed by atoms with Crippen LogP contribution >= 0.6 is 0 Å². The first kappa shape index (κ1) is 15.9. The number of nitrogens with zero attached hydrogens (tertiary/aromatic N) is 2. The molecule has 1 amide bonds. The molecule has 4 nitrogen and oxygen atoms in total. The van der Waals surface area contributed by atoms with E-state index in [1.54, 1.807) is 0 Å². The van der Waals surface area contributed by atoms with Crippen LogP contribution in [0.4, 0.5) is 0 Å². The lowest BCUT2D eigenvalue weighted by Gasteiger charge is -2.44. The van der Waals surface area contributed by atoms with Crippen LogP contribution in [0.2, 0.25) is 0 Å². The van der Waals surface area contributed by atoms with Crippen LogP contribution in [0.15, 0.2) is 24.3 Å². The van der Waals surface area contributed by atoms with Crippen molar-refractivity contribution in [3.8, 4) is 5.75 Å². The summed E-state index contributed by atoms with van der Waals surface area (Å²) in [6.45, 7) is 7.05. The Morgan fingerprint density at radius 1 is 1.08 bits per heavy atom. The summed E-state index contributed by atoms with van der Waals surface area (Å²) in [7, 11) is 0. The minimum atomic E-state index is 0.259. The van der Waals surface area contributed by atoms with Gasteiger partial charge in [-0.3, -0.25) is 9.69 Å². The molecule has 2 saturated heterocycles. The molecule has 1 aromatic carbocycles. The van der Waals surface area contributed by atoms with Crippen molar-refractivity contribution in [1.29, 1.82) is 0 Å². The standard InChI is InChI=1S/C20H28N2O2/c1-2-24-19-8-6-15(7-9-19)10-20(23)22-13-18(14-22)21-11-16-4-3-5-17(16)12-21/h6-9,16-18H,2-5,10-14H2,1H3. The van der Waals surface area contributed by atoms with Gasteiger partial charge in [0, 0.05) is 32.2 Å². The van der Waals surface area contributed by atoms with Crippen molar-refractivity contribution in [2.24, 2.45) is 11.8 Å². The van der Waals surface area contributed by atoms with Crippen molar-refractivity contribution < 1.29 is 9.53 Å². The molecule has 0 N–H and O–H groups in total. The Morgan fingerprint density at radius 2 is 1.75 bits per heavy atom. The molecule has 1 aromatic rings. The van der Waals surface area contributed by atoms with Crippen LogP contribution in [0, 0.1) is 11.8 Å². The van der Waals surface area contributed by atoms with Gasteiger partial charge in [0.05, 0.1) is 13.0 Å². The summed E-state index contributed by atoms with van der Waals surface area (Å²) in [5.41, 5.74) is 1.07. The quantitative estimate of drug-likeness (QED) is 0.833. The van der Waals surface area contributed by atoms with Crippen LogP contribution in [0.1, 0.15) is 31.7 Å². The molecule has 1 aliphatic carbocycles. The van der Waals surface area contributed by atoms with Crippen molar-refractivity contribution in [3.63, 3.8) is 0 Å². The van der Waals surface area contributed by atoms with Gasteiger partial charge < -0.3 is 9.64 Å². The third-order valence-corrected chi connectivity index (χ3v) is 6.08. The minimum Gasteiger partial charge on any atom is -0.494 e. The van der Waals surface area contributed by atoms with E-state index in [2.05, 4.69) is 4.90 Å². The van der Waals surface area contributed by atoms with Crippen molar-refractivity contribution in [2.75, 3.05) is 32.8 Å². The molecule has 2 atom stereocenters. The normalized spacial score (nSPS) is 27.1. The third-order valence-electron chi connectivity index (χ3n) is 6.08. The first-order chi connectivity index (χ1) is 11.7. The van der Waals surface area contributed by atoms with Crippen LogP contribution < -0.4 is 4.74 Å². The van der Waals surface area contributed by atoms with E-state index in [9.17, 15) is 4.79 Å². The Morgan fingerprint density at radius 3 is 2.38 bits per heavy atom. The van der Waals surface area contributed by atoms with E-state index in [0.717, 1.165) is 36.2 Å². The molecule has 2 unspecified atom stereocenters. The molecule has 2 aliphatic heterocycles. The third kappa shape index (κ3) is 3.16. The number of carbonyl (C=O) groups is 1. The largest absolute Gasteiger partial charge is 0.494 e. The van der Waals surface area contributed by atoms with Gasteiger partial charge in [-0.1, -0.05) is 18.6 Å². The van der Waals surface area contributed by atoms with Gasteiger partial charge >= 0.3 is 0 Å². The fourth-order valence-electron chi connectivity index (χ4n) is 4.62. The number of rotatable bonds is 5. The highest BCUT2D eigenvalue weighted by Gasteiger charge is 2.42. The summed E-state index contributed by atoms with van der Waals surface area (Å²) in [5, 5.41) is 0. The number of fused-ring (bicyclic) bond motifs is 1. The lowest BCUT2D eigenvalue weighted by molar-refractivity contribution is -0.137. The summed E-state index contributed by atoms with van der Waals surface area (Å²) >= 11 is 0. The zero-order valence-electron chi connectivity index (χ0n) is 14.6. The average molecular weight is 328 g/mol. The number of likely N-dealkylation sites (tertiary alicyclic amines) is 2. The Balaban J connectivity index is 1.24. The van der Waals surface area contributed by atoms with E-state index < -0.39 is 0 Å². The molecule has 4 heteroatoms. The Hall–Kier alpha value is -1.55. The second-order valence-electron chi connectivity index (χ2n) is 7.61. The van der Waals surface area contributed by atoms with Crippen LogP contribution in [-0.4, -0.2) is 54.5 Å². The summed E-state index contributed by atoms with van der Waals surface area (Å²) < 4.78 is 5.45. The van der Waals surface area contributed by atoms with Gasteiger partial charge in [0.2, 0.25) is 5.91 Å². The fraction of sp³-hybridized carbons (Fsp3) is 0.650. The summed E-state index contributed by atoms with van der Waals surface area (Å²) in [5.74, 6) is 3.02. The monoisotopic (exact) mass is 328 g/mol. The number of ether oxygens (including phenoxy) is 1. The van der Waals surface area contributed by atoms with Gasteiger partial charge in [-0.15, -0.1) is 0 Å². The smallest absolute Gasteiger partial charge is 0.227 e. The lowest BCUT2D eigenvalue weighted by Crippen LogP contribution is -2.61. The number of hydrogen-bond donors (Lipinski definition) is 0. The zero-order chi connectivity index (χ0) is 16.5. The van der Waals surface area contributed by atoms with E-state index in [1.165, 1.54) is 32.4 Å². The van der Waals surface area contributed by atoms with Crippen molar-refractivity contribution in [2.45, 2.75) is 38.6 Å². The molecule has 24 heavy (non-hydrogen) atoms.